The summed E-state index contributed by atoms with van der Waals surface area (Å²) in [5.41, 5.74) is 1.35. The lowest BCUT2D eigenvalue weighted by atomic mass is 9.88. The number of fused-ring (bicyclic) bond motifs is 1. The third-order valence-electron chi connectivity index (χ3n) is 4.33. The highest BCUT2D eigenvalue weighted by Gasteiger charge is 2.29. The Hall–Kier alpha value is -2.27. The fourth-order valence-corrected chi connectivity index (χ4v) is 4.94. The van der Waals surface area contributed by atoms with Crippen LogP contribution >= 0.6 is 27.3 Å². The predicted octanol–water partition coefficient (Wildman–Crippen LogP) is 3.17. The van der Waals surface area contributed by atoms with Crippen molar-refractivity contribution in [1.82, 2.24) is 9.78 Å². The number of hydrogen-bond acceptors (Lipinski definition) is 7. The van der Waals surface area contributed by atoms with Gasteiger partial charge in [-0.05, 0) is 51.6 Å². The van der Waals surface area contributed by atoms with Gasteiger partial charge in [-0.3, -0.25) is 4.79 Å². The molecule has 0 unspecified atom stereocenters. The molecule has 0 aliphatic heterocycles. The van der Waals surface area contributed by atoms with E-state index in [1.807, 2.05) is 0 Å². The van der Waals surface area contributed by atoms with Crippen LogP contribution in [0.1, 0.15) is 34.1 Å². The van der Waals surface area contributed by atoms with E-state index < -0.39 is 16.8 Å². The van der Waals surface area contributed by atoms with E-state index in [0.717, 1.165) is 29.7 Å². The number of thiophene rings is 1. The van der Waals surface area contributed by atoms with Crippen LogP contribution in [0.5, 0.6) is 0 Å². The molecular formula is C16H17BrN4O5S. The molecule has 1 amide bonds. The molecular weight excluding hydrogens is 440 g/mol. The van der Waals surface area contributed by atoms with Crippen molar-refractivity contribution in [2.45, 2.75) is 32.7 Å². The summed E-state index contributed by atoms with van der Waals surface area (Å²) in [6, 6.07) is 0. The Morgan fingerprint density at radius 2 is 2.30 bits per heavy atom. The number of carbonyl (C=O) groups is 2. The molecule has 0 fully saturated rings. The molecule has 0 radical (unpaired) electrons. The summed E-state index contributed by atoms with van der Waals surface area (Å²) in [7, 11) is 1.31. The highest BCUT2D eigenvalue weighted by atomic mass is 79.9. The Morgan fingerprint density at radius 1 is 1.56 bits per heavy atom. The van der Waals surface area contributed by atoms with Gasteiger partial charge in [0.15, 0.2) is 0 Å². The van der Waals surface area contributed by atoms with Crippen molar-refractivity contribution in [3.63, 3.8) is 0 Å². The fraction of sp³-hybridized carbons (Fsp3) is 0.438. The number of amides is 1. The first-order valence-electron chi connectivity index (χ1n) is 8.20. The Morgan fingerprint density at radius 3 is 2.93 bits per heavy atom. The quantitative estimate of drug-likeness (QED) is 0.419. The number of hydrogen-bond donors (Lipinski definition) is 1. The highest BCUT2D eigenvalue weighted by molar-refractivity contribution is 9.10. The minimum Gasteiger partial charge on any atom is -0.465 e. The number of aromatic nitrogens is 2. The SMILES string of the molecule is COC(=O)c1c(NC(=O)Cn2cc(Br)c([N+](=O)[O-])n2)sc2c1CC[C@H](C)C2. The Bertz CT molecular complexity index is 922. The van der Waals surface area contributed by atoms with Crippen LogP contribution in [0.3, 0.4) is 0 Å². The number of ether oxygens (including phenoxy) is 1. The van der Waals surface area contributed by atoms with Gasteiger partial charge < -0.3 is 20.2 Å². The van der Waals surface area contributed by atoms with Gasteiger partial charge in [-0.2, -0.15) is 4.68 Å². The average Bonchev–Trinajstić information content (AvgIpc) is 3.13. The number of methoxy groups -OCH3 is 1. The van der Waals surface area contributed by atoms with Crippen LogP contribution in [0.2, 0.25) is 0 Å². The van der Waals surface area contributed by atoms with Crippen LogP contribution in [0, 0.1) is 16.0 Å². The zero-order valence-electron chi connectivity index (χ0n) is 14.7. The van der Waals surface area contributed by atoms with Crippen LogP contribution in [-0.4, -0.2) is 33.7 Å². The summed E-state index contributed by atoms with van der Waals surface area (Å²) in [4.78, 5) is 36.0. The van der Waals surface area contributed by atoms with Crippen molar-refractivity contribution in [3.05, 3.63) is 36.8 Å². The normalized spacial score (nSPS) is 15.9. The number of nitrogens with one attached hydrogen (secondary N) is 1. The molecule has 0 saturated heterocycles. The van der Waals surface area contributed by atoms with E-state index in [1.165, 1.54) is 29.3 Å². The summed E-state index contributed by atoms with van der Waals surface area (Å²) in [5, 5.41) is 17.8. The van der Waals surface area contributed by atoms with Gasteiger partial charge in [-0.15, -0.1) is 11.3 Å². The first-order valence-corrected chi connectivity index (χ1v) is 9.81. The molecule has 11 heteroatoms. The second-order valence-corrected chi connectivity index (χ2v) is 8.31. The van der Waals surface area contributed by atoms with E-state index in [-0.39, 0.29) is 16.8 Å². The number of esters is 1. The van der Waals surface area contributed by atoms with Gasteiger partial charge in [-0.25, -0.2) is 4.79 Å². The molecule has 2 heterocycles. The molecule has 1 N–H and O–H groups in total. The third kappa shape index (κ3) is 4.03. The Kier molecular flexibility index (Phi) is 5.61. The smallest absolute Gasteiger partial charge is 0.404 e. The molecule has 0 spiro atoms. The third-order valence-corrected chi connectivity index (χ3v) is 6.06. The van der Waals surface area contributed by atoms with Crippen molar-refractivity contribution in [2.24, 2.45) is 5.92 Å². The molecule has 27 heavy (non-hydrogen) atoms. The van der Waals surface area contributed by atoms with Crippen LogP contribution in [0.25, 0.3) is 0 Å². The van der Waals surface area contributed by atoms with E-state index in [4.69, 9.17) is 4.74 Å². The first kappa shape index (κ1) is 19.5. The molecule has 0 bridgehead atoms. The zero-order chi connectivity index (χ0) is 19.7. The molecule has 144 valence electrons. The fourth-order valence-electron chi connectivity index (χ4n) is 3.06. The lowest BCUT2D eigenvalue weighted by Crippen LogP contribution is -2.20. The average molecular weight is 457 g/mol. The van der Waals surface area contributed by atoms with E-state index in [9.17, 15) is 19.7 Å². The second kappa shape index (κ2) is 7.77. The molecule has 2 aromatic rings. The van der Waals surface area contributed by atoms with E-state index in [2.05, 4.69) is 33.3 Å². The molecule has 1 aliphatic rings. The number of nitrogens with zero attached hydrogens (tertiary/aromatic N) is 3. The zero-order valence-corrected chi connectivity index (χ0v) is 17.1. The van der Waals surface area contributed by atoms with Crippen LogP contribution in [-0.2, 0) is 28.9 Å². The highest BCUT2D eigenvalue weighted by Crippen LogP contribution is 2.40. The largest absolute Gasteiger partial charge is 0.465 e. The molecule has 3 rings (SSSR count). The van der Waals surface area contributed by atoms with E-state index >= 15 is 0 Å². The van der Waals surface area contributed by atoms with Gasteiger partial charge in [0.1, 0.15) is 16.0 Å². The first-order chi connectivity index (χ1) is 12.8. The summed E-state index contributed by atoms with van der Waals surface area (Å²) in [5.74, 6) is -0.752. The number of anilines is 1. The molecule has 2 aromatic heterocycles. The molecule has 0 aromatic carbocycles. The lowest BCUT2D eigenvalue weighted by molar-refractivity contribution is -0.390. The van der Waals surface area contributed by atoms with Crippen molar-refractivity contribution < 1.29 is 19.2 Å². The summed E-state index contributed by atoms with van der Waals surface area (Å²) >= 11 is 4.42. The topological polar surface area (TPSA) is 116 Å². The maximum atomic E-state index is 12.4. The monoisotopic (exact) mass is 456 g/mol. The summed E-state index contributed by atoms with van der Waals surface area (Å²) in [6.07, 6.45) is 3.97. The standard InChI is InChI=1S/C16H17BrN4O5S/c1-8-3-4-9-11(5-8)27-15(13(9)16(23)26-2)18-12(22)7-20-6-10(17)14(19-20)21(24)25/h6,8H,3-5,7H2,1-2H3,(H,18,22)/t8-/m0/s1. The van der Waals surface area contributed by atoms with Crippen molar-refractivity contribution in [3.8, 4) is 0 Å². The minimum atomic E-state index is -0.637. The molecule has 9 nitrogen and oxygen atoms in total. The Labute approximate surface area is 167 Å². The van der Waals surface area contributed by atoms with Crippen LogP contribution in [0.4, 0.5) is 10.8 Å². The number of rotatable bonds is 5. The van der Waals surface area contributed by atoms with Gasteiger partial charge in [0.25, 0.3) is 0 Å². The Balaban J connectivity index is 1.82. The minimum absolute atomic E-state index is 0.191. The second-order valence-electron chi connectivity index (χ2n) is 6.35. The van der Waals surface area contributed by atoms with Gasteiger partial charge in [0.2, 0.25) is 5.91 Å². The maximum absolute atomic E-state index is 12.4. The lowest BCUT2D eigenvalue weighted by Gasteiger charge is -2.18. The van der Waals surface area contributed by atoms with Crippen molar-refractivity contribution in [2.75, 3.05) is 12.4 Å². The predicted molar refractivity (Wildman–Crippen MR) is 102 cm³/mol. The van der Waals surface area contributed by atoms with Gasteiger partial charge in [0, 0.05) is 4.88 Å². The maximum Gasteiger partial charge on any atom is 0.404 e. The van der Waals surface area contributed by atoms with Crippen molar-refractivity contribution in [1.29, 1.82) is 0 Å². The number of carbonyl (C=O) groups excluding carboxylic acids is 2. The summed E-state index contributed by atoms with van der Waals surface area (Å²) < 4.78 is 6.25. The van der Waals surface area contributed by atoms with E-state index in [0.29, 0.717) is 16.5 Å². The number of halogens is 1. The molecule has 1 atom stereocenters. The van der Waals surface area contributed by atoms with Gasteiger partial charge in [-0.1, -0.05) is 6.92 Å². The van der Waals surface area contributed by atoms with Crippen LogP contribution < -0.4 is 5.32 Å². The van der Waals surface area contributed by atoms with E-state index in [1.54, 1.807) is 0 Å². The van der Waals surface area contributed by atoms with Gasteiger partial charge in [0.05, 0.1) is 24.0 Å². The van der Waals surface area contributed by atoms with Crippen molar-refractivity contribution >= 4 is 50.0 Å². The van der Waals surface area contributed by atoms with Gasteiger partial charge >= 0.3 is 11.8 Å². The van der Waals surface area contributed by atoms with Crippen LogP contribution in [0.15, 0.2) is 10.7 Å². The number of nitro groups is 1. The molecule has 1 aliphatic carbocycles. The summed E-state index contributed by atoms with van der Waals surface area (Å²) in [6.45, 7) is 1.94. The molecule has 0 saturated carbocycles.